The fourth-order valence-electron chi connectivity index (χ4n) is 2.66. The van der Waals surface area contributed by atoms with Gasteiger partial charge in [0.25, 0.3) is 0 Å². The normalized spacial score (nSPS) is 19.1. The third-order valence-electron chi connectivity index (χ3n) is 5.17. The van der Waals surface area contributed by atoms with Gasteiger partial charge < -0.3 is 9.55 Å². The van der Waals surface area contributed by atoms with Gasteiger partial charge in [0.1, 0.15) is 0 Å². The van der Waals surface area contributed by atoms with Crippen LogP contribution in [0.2, 0.25) is 5.31 Å². The first kappa shape index (κ1) is 16.8. The second-order valence-corrected chi connectivity index (χ2v) is 7.13. The average Bonchev–Trinajstić information content (AvgIpc) is 2.49. The average molecular weight is 299 g/mol. The van der Waals surface area contributed by atoms with Crippen LogP contribution in [0.4, 0.5) is 0 Å². The molecule has 1 aromatic rings. The van der Waals surface area contributed by atoms with Crippen LogP contribution in [0.3, 0.4) is 0 Å². The summed E-state index contributed by atoms with van der Waals surface area (Å²) in [5, 5.41) is 0.0664. The maximum atomic E-state index is 11.3. The van der Waals surface area contributed by atoms with Crippen LogP contribution in [-0.2, 0) is 4.65 Å². The van der Waals surface area contributed by atoms with E-state index >= 15 is 0 Å². The van der Waals surface area contributed by atoms with Crippen LogP contribution in [0, 0.1) is 0 Å². The van der Waals surface area contributed by atoms with Gasteiger partial charge in [-0.15, -0.1) is 0 Å². The van der Waals surface area contributed by atoms with Gasteiger partial charge in [-0.1, -0.05) is 32.0 Å². The SMILES string of the molecule is CCN(C)/C=C\c1cc(B2OC(C)(C)C2(C)C)ccc1C=O. The number of aldehydes is 1. The van der Waals surface area contributed by atoms with E-state index in [1.54, 1.807) is 0 Å². The van der Waals surface area contributed by atoms with Crippen LogP contribution in [0.1, 0.15) is 50.5 Å². The van der Waals surface area contributed by atoms with Crippen LogP contribution in [-0.4, -0.2) is 37.3 Å². The molecule has 0 amide bonds. The van der Waals surface area contributed by atoms with E-state index in [4.69, 9.17) is 4.65 Å². The Morgan fingerprint density at radius 3 is 2.41 bits per heavy atom. The first-order valence-corrected chi connectivity index (χ1v) is 7.88. The highest BCUT2D eigenvalue weighted by Gasteiger charge is 2.59. The Bertz CT molecular complexity index is 593. The van der Waals surface area contributed by atoms with Crippen molar-refractivity contribution < 1.29 is 9.45 Å². The van der Waals surface area contributed by atoms with E-state index in [2.05, 4.69) is 45.6 Å². The van der Waals surface area contributed by atoms with E-state index in [9.17, 15) is 4.79 Å². The molecule has 1 saturated heterocycles. The summed E-state index contributed by atoms with van der Waals surface area (Å²) in [7, 11) is 2.02. The number of hydrogen-bond acceptors (Lipinski definition) is 3. The molecule has 1 heterocycles. The van der Waals surface area contributed by atoms with Crippen molar-refractivity contribution in [2.24, 2.45) is 0 Å². The van der Waals surface area contributed by atoms with Crippen molar-refractivity contribution >= 4 is 24.7 Å². The smallest absolute Gasteiger partial charge is 0.335 e. The molecule has 3 nitrogen and oxygen atoms in total. The van der Waals surface area contributed by atoms with Crippen LogP contribution in [0.25, 0.3) is 6.08 Å². The van der Waals surface area contributed by atoms with Gasteiger partial charge in [-0.05, 0) is 44.1 Å². The fourth-order valence-corrected chi connectivity index (χ4v) is 2.66. The Kier molecular flexibility index (Phi) is 4.53. The molecule has 0 bridgehead atoms. The molecule has 0 unspecified atom stereocenters. The standard InChI is InChI=1S/C18H26BNO2/c1-7-20(6)11-10-14-12-16(9-8-15(14)13-21)19-17(2,3)18(4,5)22-19/h8-13H,7H2,1-6H3/b11-10-. The number of nitrogens with zero attached hydrogens (tertiary/aromatic N) is 1. The van der Waals surface area contributed by atoms with Crippen LogP contribution in [0.15, 0.2) is 24.4 Å². The van der Waals surface area contributed by atoms with Crippen LogP contribution >= 0.6 is 0 Å². The minimum absolute atomic E-state index is 0.0664. The third kappa shape index (κ3) is 2.85. The minimum atomic E-state index is -0.126. The number of hydrogen-bond donors (Lipinski definition) is 0. The molecule has 118 valence electrons. The predicted octanol–water partition coefficient (Wildman–Crippen LogP) is 3.21. The van der Waals surface area contributed by atoms with E-state index in [0.717, 1.165) is 23.9 Å². The Morgan fingerprint density at radius 1 is 1.23 bits per heavy atom. The summed E-state index contributed by atoms with van der Waals surface area (Å²) < 4.78 is 6.08. The summed E-state index contributed by atoms with van der Waals surface area (Å²) in [6.07, 6.45) is 4.91. The Hall–Kier alpha value is -1.55. The van der Waals surface area contributed by atoms with Gasteiger partial charge in [-0.3, -0.25) is 4.79 Å². The Labute approximate surface area is 134 Å². The lowest BCUT2D eigenvalue weighted by Crippen LogP contribution is -2.66. The van der Waals surface area contributed by atoms with Crippen molar-refractivity contribution in [3.8, 4) is 0 Å². The van der Waals surface area contributed by atoms with Crippen molar-refractivity contribution in [2.45, 2.75) is 45.5 Å². The number of rotatable bonds is 5. The molecule has 0 N–H and O–H groups in total. The largest absolute Gasteiger partial charge is 0.425 e. The molecule has 4 heteroatoms. The quantitative estimate of drug-likeness (QED) is 0.617. The summed E-state index contributed by atoms with van der Waals surface area (Å²) in [5.74, 6) is 0. The lowest BCUT2D eigenvalue weighted by molar-refractivity contribution is -0.00940. The molecule has 0 aliphatic carbocycles. The molecular weight excluding hydrogens is 273 g/mol. The Morgan fingerprint density at radius 2 is 1.91 bits per heavy atom. The minimum Gasteiger partial charge on any atom is -0.425 e. The van der Waals surface area contributed by atoms with E-state index in [1.807, 2.05) is 31.5 Å². The van der Waals surface area contributed by atoms with E-state index < -0.39 is 0 Å². The van der Waals surface area contributed by atoms with Gasteiger partial charge in [-0.25, -0.2) is 0 Å². The maximum Gasteiger partial charge on any atom is 0.335 e. The molecule has 0 radical (unpaired) electrons. The first-order chi connectivity index (χ1) is 10.2. The molecule has 22 heavy (non-hydrogen) atoms. The van der Waals surface area contributed by atoms with Crippen LogP contribution in [0.5, 0.6) is 0 Å². The molecule has 1 fully saturated rings. The summed E-state index contributed by atoms with van der Waals surface area (Å²) in [4.78, 5) is 13.3. The monoisotopic (exact) mass is 299 g/mol. The molecule has 2 rings (SSSR count). The Balaban J connectivity index is 2.33. The van der Waals surface area contributed by atoms with E-state index in [0.29, 0.717) is 5.56 Å². The van der Waals surface area contributed by atoms with Gasteiger partial charge in [-0.2, -0.15) is 0 Å². The van der Waals surface area contributed by atoms with Crippen molar-refractivity contribution in [1.82, 2.24) is 4.90 Å². The molecule has 1 aliphatic rings. The molecule has 0 spiro atoms. The predicted molar refractivity (Wildman–Crippen MR) is 93.8 cm³/mol. The third-order valence-corrected chi connectivity index (χ3v) is 5.17. The summed E-state index contributed by atoms with van der Waals surface area (Å²) in [6.45, 7) is 11.8. The molecule has 0 saturated carbocycles. The molecule has 1 aromatic carbocycles. The highest BCUT2D eigenvalue weighted by Crippen LogP contribution is 2.53. The van der Waals surface area contributed by atoms with Crippen molar-refractivity contribution in [2.75, 3.05) is 13.6 Å². The highest BCUT2D eigenvalue weighted by atomic mass is 16.5. The van der Waals surface area contributed by atoms with Crippen LogP contribution < -0.4 is 5.46 Å². The maximum absolute atomic E-state index is 11.3. The number of benzene rings is 1. The molecule has 0 atom stereocenters. The van der Waals surface area contributed by atoms with Crippen molar-refractivity contribution in [3.63, 3.8) is 0 Å². The summed E-state index contributed by atoms with van der Waals surface area (Å²) >= 11 is 0. The van der Waals surface area contributed by atoms with Gasteiger partial charge in [0, 0.05) is 30.1 Å². The molecular formula is C18H26BNO2. The first-order valence-electron chi connectivity index (χ1n) is 7.88. The summed E-state index contributed by atoms with van der Waals surface area (Å²) in [6, 6.07) is 5.97. The zero-order valence-corrected chi connectivity index (χ0v) is 14.5. The highest BCUT2D eigenvalue weighted by molar-refractivity contribution is 6.73. The molecule has 1 aliphatic heterocycles. The molecule has 0 aromatic heterocycles. The topological polar surface area (TPSA) is 29.5 Å². The van der Waals surface area contributed by atoms with E-state index in [1.165, 1.54) is 0 Å². The van der Waals surface area contributed by atoms with Gasteiger partial charge >= 0.3 is 6.92 Å². The summed E-state index contributed by atoms with van der Waals surface area (Å²) in [5.41, 5.74) is 2.66. The number of carbonyl (C=O) groups is 1. The van der Waals surface area contributed by atoms with Crippen molar-refractivity contribution in [1.29, 1.82) is 0 Å². The zero-order valence-electron chi connectivity index (χ0n) is 14.5. The fraction of sp³-hybridized carbons (Fsp3) is 0.500. The second kappa shape index (κ2) is 5.92. The lowest BCUT2D eigenvalue weighted by atomic mass is 9.33. The van der Waals surface area contributed by atoms with Gasteiger partial charge in [0.05, 0.1) is 0 Å². The van der Waals surface area contributed by atoms with E-state index in [-0.39, 0.29) is 17.8 Å². The lowest BCUT2D eigenvalue weighted by Gasteiger charge is -2.57. The zero-order chi connectivity index (χ0) is 16.5. The van der Waals surface area contributed by atoms with Gasteiger partial charge in [0.15, 0.2) is 6.29 Å². The number of carbonyl (C=O) groups excluding carboxylic acids is 1. The van der Waals surface area contributed by atoms with Gasteiger partial charge in [0.2, 0.25) is 0 Å². The second-order valence-electron chi connectivity index (χ2n) is 7.13. The van der Waals surface area contributed by atoms with Crippen molar-refractivity contribution in [3.05, 3.63) is 35.5 Å².